The number of carboxylic acids is 1. The highest BCUT2D eigenvalue weighted by Gasteiger charge is 2.26. The first kappa shape index (κ1) is 15.1. The monoisotopic (exact) mass is 294 g/mol. The topological polar surface area (TPSA) is 99.9 Å². The molecule has 1 atom stereocenters. The highest BCUT2D eigenvalue weighted by Crippen LogP contribution is 2.20. The van der Waals surface area contributed by atoms with Crippen molar-refractivity contribution in [2.75, 3.05) is 19.6 Å². The van der Waals surface area contributed by atoms with Crippen LogP contribution >= 0.6 is 0 Å². The molecular weight excluding hydrogens is 276 g/mol. The van der Waals surface area contributed by atoms with Crippen LogP contribution < -0.4 is 5.32 Å². The smallest absolute Gasteiger partial charge is 0.303 e. The maximum atomic E-state index is 12.0. The molecule has 2 N–H and O–H groups in total. The lowest BCUT2D eigenvalue weighted by molar-refractivity contribution is -0.137. The zero-order valence-corrected chi connectivity index (χ0v) is 11.6. The van der Waals surface area contributed by atoms with E-state index in [-0.39, 0.29) is 30.6 Å². The fraction of sp³-hybridized carbons (Fsp3) is 0.500. The number of hydrogen-bond donors (Lipinski definition) is 2. The van der Waals surface area contributed by atoms with Gasteiger partial charge >= 0.3 is 5.97 Å². The van der Waals surface area contributed by atoms with E-state index in [0.29, 0.717) is 19.5 Å². The number of nitrogens with one attached hydrogen (secondary N) is 1. The minimum Gasteiger partial charge on any atom is -0.481 e. The summed E-state index contributed by atoms with van der Waals surface area (Å²) in [4.78, 5) is 35.8. The molecule has 7 heteroatoms. The quantitative estimate of drug-likeness (QED) is 0.805. The Morgan fingerprint density at radius 1 is 1.43 bits per heavy atom. The molecule has 2 rings (SSSR count). The van der Waals surface area contributed by atoms with E-state index in [9.17, 15) is 14.4 Å². The number of carbonyl (C=O) groups is 3. The summed E-state index contributed by atoms with van der Waals surface area (Å²) < 4.78 is 4.93. The second-order valence-corrected chi connectivity index (χ2v) is 5.09. The third kappa shape index (κ3) is 4.34. The highest BCUT2D eigenvalue weighted by molar-refractivity contribution is 5.94. The predicted octanol–water partition coefficient (Wildman–Crippen LogP) is 0.723. The number of carboxylic acid groups (broad SMARTS) is 1. The molecule has 0 aliphatic carbocycles. The molecule has 0 spiro atoms. The van der Waals surface area contributed by atoms with E-state index in [1.807, 2.05) is 0 Å². The number of likely N-dealkylation sites (tertiary alicyclic amines) is 1. The van der Waals surface area contributed by atoms with Gasteiger partial charge in [-0.2, -0.15) is 0 Å². The Morgan fingerprint density at radius 2 is 2.24 bits per heavy atom. The van der Waals surface area contributed by atoms with Gasteiger partial charge in [0.1, 0.15) is 0 Å². The molecule has 0 radical (unpaired) electrons. The number of carbonyl (C=O) groups excluding carboxylic acids is 2. The van der Waals surface area contributed by atoms with Crippen molar-refractivity contribution in [3.63, 3.8) is 0 Å². The van der Waals surface area contributed by atoms with Gasteiger partial charge in [-0.1, -0.05) is 0 Å². The molecule has 1 fully saturated rings. The number of amides is 2. The van der Waals surface area contributed by atoms with Crippen LogP contribution in [0.5, 0.6) is 0 Å². The number of furan rings is 1. The first-order chi connectivity index (χ1) is 10.1. The van der Waals surface area contributed by atoms with E-state index in [2.05, 4.69) is 5.32 Å². The largest absolute Gasteiger partial charge is 0.481 e. The van der Waals surface area contributed by atoms with E-state index in [0.717, 1.165) is 6.42 Å². The van der Waals surface area contributed by atoms with Crippen LogP contribution in [0.25, 0.3) is 0 Å². The van der Waals surface area contributed by atoms with Crippen LogP contribution in [0.4, 0.5) is 0 Å². The number of hydrogen-bond acceptors (Lipinski definition) is 4. The van der Waals surface area contributed by atoms with Crippen molar-refractivity contribution in [1.29, 1.82) is 0 Å². The summed E-state index contributed by atoms with van der Waals surface area (Å²) in [5.74, 6) is -0.998. The summed E-state index contributed by atoms with van der Waals surface area (Å²) in [5.41, 5.74) is 0. The average Bonchev–Trinajstić information content (AvgIpc) is 3.12. The normalized spacial score (nSPS) is 17.7. The summed E-state index contributed by atoms with van der Waals surface area (Å²) in [6, 6.07) is 3.13. The molecule has 1 unspecified atom stereocenters. The Balaban J connectivity index is 1.72. The zero-order valence-electron chi connectivity index (χ0n) is 11.6. The molecule has 7 nitrogen and oxygen atoms in total. The predicted molar refractivity (Wildman–Crippen MR) is 72.6 cm³/mol. The third-order valence-electron chi connectivity index (χ3n) is 3.55. The van der Waals surface area contributed by atoms with Gasteiger partial charge in [0, 0.05) is 19.5 Å². The minimum absolute atomic E-state index is 0.0782. The van der Waals surface area contributed by atoms with Gasteiger partial charge < -0.3 is 19.7 Å². The first-order valence-corrected chi connectivity index (χ1v) is 6.87. The second kappa shape index (κ2) is 6.92. The van der Waals surface area contributed by atoms with E-state index in [1.165, 1.54) is 12.3 Å². The van der Waals surface area contributed by atoms with Gasteiger partial charge in [0.25, 0.3) is 5.91 Å². The summed E-state index contributed by atoms with van der Waals surface area (Å²) >= 11 is 0. The molecule has 1 aromatic rings. The Labute approximate surface area is 121 Å². The number of rotatable bonds is 6. The van der Waals surface area contributed by atoms with Gasteiger partial charge in [-0.3, -0.25) is 14.4 Å². The maximum Gasteiger partial charge on any atom is 0.303 e. The van der Waals surface area contributed by atoms with E-state index < -0.39 is 11.9 Å². The summed E-state index contributed by atoms with van der Waals surface area (Å²) in [5, 5.41) is 11.2. The Hall–Kier alpha value is -2.31. The minimum atomic E-state index is -0.814. The molecule has 1 aliphatic rings. The molecule has 0 bridgehead atoms. The van der Waals surface area contributed by atoms with Crippen LogP contribution in [-0.2, 0) is 9.59 Å². The van der Waals surface area contributed by atoms with Crippen molar-refractivity contribution in [3.8, 4) is 0 Å². The van der Waals surface area contributed by atoms with Gasteiger partial charge in [-0.25, -0.2) is 0 Å². The Morgan fingerprint density at radius 3 is 2.90 bits per heavy atom. The van der Waals surface area contributed by atoms with E-state index in [4.69, 9.17) is 9.52 Å². The van der Waals surface area contributed by atoms with Crippen molar-refractivity contribution >= 4 is 17.8 Å². The van der Waals surface area contributed by atoms with Gasteiger partial charge in [0.2, 0.25) is 5.91 Å². The van der Waals surface area contributed by atoms with Crippen molar-refractivity contribution in [1.82, 2.24) is 10.2 Å². The molecule has 1 aromatic heterocycles. The number of nitrogens with zero attached hydrogens (tertiary/aromatic N) is 1. The Kier molecular flexibility index (Phi) is 4.97. The third-order valence-corrected chi connectivity index (χ3v) is 3.55. The van der Waals surface area contributed by atoms with Crippen LogP contribution in [-0.4, -0.2) is 47.4 Å². The number of aliphatic carboxylic acids is 1. The lowest BCUT2D eigenvalue weighted by Crippen LogP contribution is -2.39. The zero-order chi connectivity index (χ0) is 15.2. The summed E-state index contributed by atoms with van der Waals surface area (Å²) in [6.45, 7) is 1.09. The van der Waals surface area contributed by atoms with Gasteiger partial charge in [0.05, 0.1) is 12.8 Å². The van der Waals surface area contributed by atoms with Crippen molar-refractivity contribution in [2.24, 2.45) is 5.92 Å². The Bertz CT molecular complexity index is 511. The molecule has 1 aliphatic heterocycles. The molecule has 2 amide bonds. The molecular formula is C14H18N2O5. The molecule has 21 heavy (non-hydrogen) atoms. The van der Waals surface area contributed by atoms with E-state index in [1.54, 1.807) is 11.0 Å². The lowest BCUT2D eigenvalue weighted by atomic mass is 10.0. The standard InChI is InChI=1S/C14H18N2O5/c17-12(8-15-14(20)11-2-1-7-21-11)16-6-5-10(9-16)3-4-13(18)19/h1-2,7,10H,3-6,8-9H2,(H,15,20)(H,18,19). The molecule has 0 saturated carbocycles. The molecule has 1 saturated heterocycles. The van der Waals surface area contributed by atoms with Crippen molar-refractivity contribution in [3.05, 3.63) is 24.2 Å². The SMILES string of the molecule is O=C(O)CCC1CCN(C(=O)CNC(=O)c2ccco2)C1. The fourth-order valence-corrected chi connectivity index (χ4v) is 2.38. The van der Waals surface area contributed by atoms with Crippen LogP contribution in [0.3, 0.4) is 0 Å². The molecule has 114 valence electrons. The van der Waals surface area contributed by atoms with Crippen LogP contribution in [0.1, 0.15) is 29.8 Å². The summed E-state index contributed by atoms with van der Waals surface area (Å²) in [6.07, 6.45) is 2.91. The van der Waals surface area contributed by atoms with Crippen LogP contribution in [0.2, 0.25) is 0 Å². The van der Waals surface area contributed by atoms with Crippen molar-refractivity contribution in [2.45, 2.75) is 19.3 Å². The molecule has 0 aromatic carbocycles. The lowest BCUT2D eigenvalue weighted by Gasteiger charge is -2.16. The second-order valence-electron chi connectivity index (χ2n) is 5.09. The van der Waals surface area contributed by atoms with Gasteiger partial charge in [-0.15, -0.1) is 0 Å². The van der Waals surface area contributed by atoms with Crippen LogP contribution in [0, 0.1) is 5.92 Å². The fourth-order valence-electron chi connectivity index (χ4n) is 2.38. The van der Waals surface area contributed by atoms with E-state index >= 15 is 0 Å². The van der Waals surface area contributed by atoms with Gasteiger partial charge in [0.15, 0.2) is 5.76 Å². The maximum absolute atomic E-state index is 12.0. The van der Waals surface area contributed by atoms with Crippen molar-refractivity contribution < 1.29 is 23.9 Å². The summed E-state index contributed by atoms with van der Waals surface area (Å²) in [7, 11) is 0. The van der Waals surface area contributed by atoms with Crippen LogP contribution in [0.15, 0.2) is 22.8 Å². The highest BCUT2D eigenvalue weighted by atomic mass is 16.4. The molecule has 2 heterocycles. The van der Waals surface area contributed by atoms with Gasteiger partial charge in [-0.05, 0) is 30.9 Å². The first-order valence-electron chi connectivity index (χ1n) is 6.87. The average molecular weight is 294 g/mol.